The Bertz CT molecular complexity index is 467. The molecule has 0 saturated carbocycles. The Balaban J connectivity index is 2.21. The van der Waals surface area contributed by atoms with Crippen molar-refractivity contribution in [2.45, 2.75) is 32.4 Å². The Hall–Kier alpha value is -1.61. The fourth-order valence-corrected chi connectivity index (χ4v) is 2.41. The number of Topliss-reactive ketones (excluding diaryl/α,β-unsaturated/α-hetero) is 1. The van der Waals surface area contributed by atoms with Crippen molar-refractivity contribution in [3.05, 3.63) is 47.7 Å². The molecule has 2 rings (SSSR count). The van der Waals surface area contributed by atoms with E-state index in [1.54, 1.807) is 0 Å². The van der Waals surface area contributed by atoms with Crippen LogP contribution in [0.4, 0.5) is 0 Å². The van der Waals surface area contributed by atoms with Gasteiger partial charge in [-0.05, 0) is 32.0 Å². The minimum Gasteiger partial charge on any atom is -0.363 e. The lowest BCUT2D eigenvalue weighted by Gasteiger charge is -2.33. The summed E-state index contributed by atoms with van der Waals surface area (Å²) in [5.74, 6) is 0.294. The quantitative estimate of drug-likeness (QED) is 0.900. The first kappa shape index (κ1) is 13.8. The van der Waals surface area contributed by atoms with Crippen LogP contribution in [0.1, 0.15) is 31.9 Å². The van der Waals surface area contributed by atoms with Crippen molar-refractivity contribution in [3.8, 4) is 0 Å². The third-order valence-corrected chi connectivity index (χ3v) is 3.86. The van der Waals surface area contributed by atoms with Crippen LogP contribution in [0.3, 0.4) is 0 Å². The Morgan fingerprint density at radius 1 is 1.21 bits per heavy atom. The number of nitrogens with one attached hydrogen (secondary N) is 1. The average molecular weight is 258 g/mol. The first-order valence-corrected chi connectivity index (χ1v) is 6.82. The number of hydrogen-bond donors (Lipinski definition) is 1. The number of carbonyl (C=O) groups excluding carboxylic acids is 1. The topological polar surface area (TPSA) is 32.3 Å². The van der Waals surface area contributed by atoms with Crippen LogP contribution in [-0.2, 0) is 4.79 Å². The van der Waals surface area contributed by atoms with Crippen LogP contribution in [0.2, 0.25) is 0 Å². The highest BCUT2D eigenvalue weighted by Gasteiger charge is 2.23. The highest BCUT2D eigenvalue weighted by molar-refractivity contribution is 5.84. The molecule has 19 heavy (non-hydrogen) atoms. The van der Waals surface area contributed by atoms with Crippen molar-refractivity contribution >= 4 is 5.78 Å². The molecule has 3 nitrogen and oxygen atoms in total. The zero-order chi connectivity index (χ0) is 13.8. The summed E-state index contributed by atoms with van der Waals surface area (Å²) in [4.78, 5) is 14.1. The van der Waals surface area contributed by atoms with Gasteiger partial charge >= 0.3 is 0 Å². The fraction of sp³-hybridized carbons (Fsp3) is 0.438. The van der Waals surface area contributed by atoms with E-state index >= 15 is 0 Å². The van der Waals surface area contributed by atoms with E-state index in [4.69, 9.17) is 0 Å². The first-order valence-electron chi connectivity index (χ1n) is 6.82. The third-order valence-electron chi connectivity index (χ3n) is 3.86. The summed E-state index contributed by atoms with van der Waals surface area (Å²) < 4.78 is 0. The van der Waals surface area contributed by atoms with Gasteiger partial charge in [-0.2, -0.15) is 0 Å². The average Bonchev–Trinajstić information content (AvgIpc) is 2.45. The van der Waals surface area contributed by atoms with Crippen LogP contribution in [0.15, 0.2) is 42.1 Å². The summed E-state index contributed by atoms with van der Waals surface area (Å²) in [6.45, 7) is 4.75. The molecule has 0 spiro atoms. The molecule has 102 valence electrons. The van der Waals surface area contributed by atoms with Crippen molar-refractivity contribution in [2.75, 3.05) is 13.6 Å². The number of hydrogen-bond acceptors (Lipinski definition) is 3. The van der Waals surface area contributed by atoms with Gasteiger partial charge in [0.1, 0.15) is 0 Å². The van der Waals surface area contributed by atoms with Gasteiger partial charge in [-0.15, -0.1) is 0 Å². The van der Waals surface area contributed by atoms with Gasteiger partial charge in [0.2, 0.25) is 0 Å². The van der Waals surface area contributed by atoms with E-state index in [0.717, 1.165) is 0 Å². The predicted octanol–water partition coefficient (Wildman–Crippen LogP) is 2.51. The molecule has 0 radical (unpaired) electrons. The molecule has 0 bridgehead atoms. The number of carbonyl (C=O) groups is 1. The van der Waals surface area contributed by atoms with Crippen molar-refractivity contribution in [2.24, 2.45) is 0 Å². The van der Waals surface area contributed by atoms with Gasteiger partial charge in [0.25, 0.3) is 0 Å². The molecule has 1 N–H and O–H groups in total. The highest BCUT2D eigenvalue weighted by atomic mass is 16.1. The lowest BCUT2D eigenvalue weighted by Crippen LogP contribution is -2.36. The molecule has 3 heteroatoms. The van der Waals surface area contributed by atoms with E-state index in [2.05, 4.69) is 42.4 Å². The van der Waals surface area contributed by atoms with Crippen LogP contribution in [0, 0.1) is 0 Å². The van der Waals surface area contributed by atoms with Gasteiger partial charge in [-0.3, -0.25) is 4.79 Å². The van der Waals surface area contributed by atoms with E-state index < -0.39 is 0 Å². The number of benzene rings is 1. The zero-order valence-electron chi connectivity index (χ0n) is 11.9. The van der Waals surface area contributed by atoms with Crippen LogP contribution in [-0.4, -0.2) is 30.3 Å². The van der Waals surface area contributed by atoms with Gasteiger partial charge in [0.05, 0.1) is 12.6 Å². The monoisotopic (exact) mass is 258 g/mol. The Morgan fingerprint density at radius 2 is 1.89 bits per heavy atom. The van der Waals surface area contributed by atoms with E-state index in [0.29, 0.717) is 18.7 Å². The van der Waals surface area contributed by atoms with Gasteiger partial charge in [-0.1, -0.05) is 30.3 Å². The molecule has 1 aromatic rings. The summed E-state index contributed by atoms with van der Waals surface area (Å²) in [6.07, 6.45) is 2.72. The molecule has 1 unspecified atom stereocenters. The minimum atomic E-state index is 0.226. The second-order valence-corrected chi connectivity index (χ2v) is 5.19. The molecule has 1 aliphatic rings. The standard InChI is InChI=1S/C16H22N2O/c1-12(17-3)15-9-16(19)11-18(10-15)13(2)14-7-5-4-6-8-14/h4-8,10,12-13,17H,9,11H2,1-3H3/t12?,13-/m0/s1. The van der Waals surface area contributed by atoms with E-state index in [1.807, 2.05) is 25.2 Å². The van der Waals surface area contributed by atoms with Gasteiger partial charge < -0.3 is 10.2 Å². The number of nitrogens with zero attached hydrogens (tertiary/aromatic N) is 1. The number of likely N-dealkylation sites (N-methyl/N-ethyl adjacent to an activating group) is 1. The second-order valence-electron chi connectivity index (χ2n) is 5.19. The molecule has 1 aromatic carbocycles. The molecule has 1 aliphatic heterocycles. The normalized spacial score (nSPS) is 19.0. The fourth-order valence-electron chi connectivity index (χ4n) is 2.41. The molecule has 0 fully saturated rings. The SMILES string of the molecule is CNC(C)C1=CN([C@@H](C)c2ccccc2)CC(=O)C1. The smallest absolute Gasteiger partial charge is 0.156 e. The molecule has 1 heterocycles. The molecule has 0 aliphatic carbocycles. The largest absolute Gasteiger partial charge is 0.363 e. The van der Waals surface area contributed by atoms with Crippen molar-refractivity contribution in [1.29, 1.82) is 0 Å². The van der Waals surface area contributed by atoms with E-state index in [-0.39, 0.29) is 12.1 Å². The van der Waals surface area contributed by atoms with Crippen molar-refractivity contribution < 1.29 is 4.79 Å². The van der Waals surface area contributed by atoms with Gasteiger partial charge in [0, 0.05) is 18.7 Å². The summed E-state index contributed by atoms with van der Waals surface area (Å²) in [5.41, 5.74) is 2.41. The maximum atomic E-state index is 11.9. The van der Waals surface area contributed by atoms with Gasteiger partial charge in [0.15, 0.2) is 5.78 Å². The van der Waals surface area contributed by atoms with Gasteiger partial charge in [-0.25, -0.2) is 0 Å². The maximum Gasteiger partial charge on any atom is 0.156 e. The Kier molecular flexibility index (Phi) is 4.38. The lowest BCUT2D eigenvalue weighted by molar-refractivity contribution is -0.120. The molecular formula is C16H22N2O. The van der Waals surface area contributed by atoms with Crippen molar-refractivity contribution in [3.63, 3.8) is 0 Å². The predicted molar refractivity (Wildman–Crippen MR) is 77.8 cm³/mol. The molecule has 0 aromatic heterocycles. The molecule has 2 atom stereocenters. The summed E-state index contributed by atoms with van der Waals surface area (Å²) in [5, 5.41) is 3.21. The second kappa shape index (κ2) is 6.02. The van der Waals surface area contributed by atoms with Crippen LogP contribution >= 0.6 is 0 Å². The number of ketones is 1. The Morgan fingerprint density at radius 3 is 2.53 bits per heavy atom. The summed E-state index contributed by atoms with van der Waals surface area (Å²) in [6, 6.07) is 10.8. The molecule has 0 saturated heterocycles. The van der Waals surface area contributed by atoms with Crippen LogP contribution in [0.5, 0.6) is 0 Å². The third kappa shape index (κ3) is 3.24. The Labute approximate surface area is 115 Å². The van der Waals surface area contributed by atoms with Crippen LogP contribution < -0.4 is 5.32 Å². The molecular weight excluding hydrogens is 236 g/mol. The van der Waals surface area contributed by atoms with E-state index in [1.165, 1.54) is 11.1 Å². The first-order chi connectivity index (χ1) is 9.11. The lowest BCUT2D eigenvalue weighted by atomic mass is 9.98. The summed E-state index contributed by atoms with van der Waals surface area (Å²) in [7, 11) is 1.93. The van der Waals surface area contributed by atoms with E-state index in [9.17, 15) is 4.79 Å². The minimum absolute atomic E-state index is 0.226. The summed E-state index contributed by atoms with van der Waals surface area (Å²) >= 11 is 0. The molecule has 0 amide bonds. The zero-order valence-corrected chi connectivity index (χ0v) is 11.9. The van der Waals surface area contributed by atoms with Crippen molar-refractivity contribution in [1.82, 2.24) is 10.2 Å². The maximum absolute atomic E-state index is 11.9. The highest BCUT2D eigenvalue weighted by Crippen LogP contribution is 2.25. The van der Waals surface area contributed by atoms with Crippen LogP contribution in [0.25, 0.3) is 0 Å². The number of rotatable bonds is 4.